The van der Waals surface area contributed by atoms with Gasteiger partial charge in [0, 0.05) is 17.7 Å². The average Bonchev–Trinajstić information content (AvgIpc) is 2.67. The molecule has 0 aliphatic carbocycles. The SMILES string of the molecule is CCCC(NCCc1ccccc1)c1cc(CC)c(OC)cc1OC. The highest BCUT2D eigenvalue weighted by Gasteiger charge is 2.18. The first-order valence-electron chi connectivity index (χ1n) is 9.25. The summed E-state index contributed by atoms with van der Waals surface area (Å²) in [5.41, 5.74) is 3.82. The van der Waals surface area contributed by atoms with Gasteiger partial charge >= 0.3 is 0 Å². The summed E-state index contributed by atoms with van der Waals surface area (Å²) in [5, 5.41) is 3.73. The minimum Gasteiger partial charge on any atom is -0.496 e. The fourth-order valence-electron chi connectivity index (χ4n) is 3.23. The molecule has 1 atom stereocenters. The predicted octanol–water partition coefficient (Wildman–Crippen LogP) is 4.94. The first-order chi connectivity index (χ1) is 12.2. The molecular weight excluding hydrogens is 310 g/mol. The van der Waals surface area contributed by atoms with Crippen molar-refractivity contribution in [2.45, 2.75) is 45.6 Å². The van der Waals surface area contributed by atoms with Crippen molar-refractivity contribution in [3.8, 4) is 11.5 Å². The fraction of sp³-hybridized carbons (Fsp3) is 0.455. The Morgan fingerprint density at radius 3 is 2.28 bits per heavy atom. The second-order valence-corrected chi connectivity index (χ2v) is 6.29. The Morgan fingerprint density at radius 2 is 1.68 bits per heavy atom. The monoisotopic (exact) mass is 341 g/mol. The standard InChI is InChI=1S/C22H31NO2/c1-5-10-20(23-14-13-17-11-8-7-9-12-17)19-15-18(6-2)21(24-3)16-22(19)25-4/h7-9,11-12,15-16,20,23H,5-6,10,13-14H2,1-4H3. The number of nitrogens with one attached hydrogen (secondary N) is 1. The maximum absolute atomic E-state index is 5.66. The molecule has 0 aliphatic rings. The summed E-state index contributed by atoms with van der Waals surface area (Å²) in [6, 6.07) is 15.2. The van der Waals surface area contributed by atoms with E-state index in [1.165, 1.54) is 16.7 Å². The van der Waals surface area contributed by atoms with Gasteiger partial charge in [0.2, 0.25) is 0 Å². The Kier molecular flexibility index (Phi) is 7.80. The average molecular weight is 341 g/mol. The van der Waals surface area contributed by atoms with Gasteiger partial charge in [-0.3, -0.25) is 0 Å². The number of methoxy groups -OCH3 is 2. The summed E-state index contributed by atoms with van der Waals surface area (Å²) in [5.74, 6) is 1.81. The van der Waals surface area contributed by atoms with Gasteiger partial charge in [-0.05, 0) is 43.0 Å². The lowest BCUT2D eigenvalue weighted by atomic mass is 9.97. The largest absolute Gasteiger partial charge is 0.496 e. The molecule has 0 aromatic heterocycles. The van der Waals surface area contributed by atoms with Gasteiger partial charge in [0.05, 0.1) is 14.2 Å². The Bertz CT molecular complexity index is 640. The van der Waals surface area contributed by atoms with Crippen molar-refractivity contribution in [2.75, 3.05) is 20.8 Å². The van der Waals surface area contributed by atoms with Gasteiger partial charge in [-0.2, -0.15) is 0 Å². The molecular formula is C22H31NO2. The van der Waals surface area contributed by atoms with Gasteiger partial charge < -0.3 is 14.8 Å². The van der Waals surface area contributed by atoms with E-state index in [9.17, 15) is 0 Å². The molecule has 136 valence electrons. The molecule has 2 rings (SSSR count). The van der Waals surface area contributed by atoms with Crippen molar-refractivity contribution >= 4 is 0 Å². The maximum atomic E-state index is 5.66. The highest BCUT2D eigenvalue weighted by Crippen LogP contribution is 2.34. The molecule has 1 N–H and O–H groups in total. The van der Waals surface area contributed by atoms with Gasteiger partial charge in [0.1, 0.15) is 11.5 Å². The van der Waals surface area contributed by atoms with Crippen LogP contribution in [-0.2, 0) is 12.8 Å². The third kappa shape index (κ3) is 5.23. The summed E-state index contributed by atoms with van der Waals surface area (Å²) in [7, 11) is 3.45. The van der Waals surface area contributed by atoms with E-state index in [1.54, 1.807) is 14.2 Å². The van der Waals surface area contributed by atoms with Crippen LogP contribution < -0.4 is 14.8 Å². The Morgan fingerprint density at radius 1 is 0.960 bits per heavy atom. The lowest BCUT2D eigenvalue weighted by Gasteiger charge is -2.23. The predicted molar refractivity (Wildman–Crippen MR) is 105 cm³/mol. The second kappa shape index (κ2) is 10.1. The van der Waals surface area contributed by atoms with Crippen LogP contribution in [-0.4, -0.2) is 20.8 Å². The van der Waals surface area contributed by atoms with E-state index < -0.39 is 0 Å². The summed E-state index contributed by atoms with van der Waals surface area (Å²) >= 11 is 0. The minimum absolute atomic E-state index is 0.292. The van der Waals surface area contributed by atoms with Crippen molar-refractivity contribution in [1.82, 2.24) is 5.32 Å². The molecule has 0 aliphatic heterocycles. The van der Waals surface area contributed by atoms with Crippen LogP contribution in [0.4, 0.5) is 0 Å². The number of hydrogen-bond donors (Lipinski definition) is 1. The van der Waals surface area contributed by atoms with Gasteiger partial charge in [-0.1, -0.05) is 50.6 Å². The van der Waals surface area contributed by atoms with Gasteiger partial charge in [-0.25, -0.2) is 0 Å². The van der Waals surface area contributed by atoms with Gasteiger partial charge in [0.25, 0.3) is 0 Å². The number of hydrogen-bond acceptors (Lipinski definition) is 3. The number of benzene rings is 2. The van der Waals surface area contributed by atoms with E-state index in [-0.39, 0.29) is 0 Å². The summed E-state index contributed by atoms with van der Waals surface area (Å²) in [4.78, 5) is 0. The zero-order valence-electron chi connectivity index (χ0n) is 16.0. The zero-order chi connectivity index (χ0) is 18.1. The molecule has 0 spiro atoms. The lowest BCUT2D eigenvalue weighted by Crippen LogP contribution is -2.24. The fourth-order valence-corrected chi connectivity index (χ4v) is 3.23. The highest BCUT2D eigenvalue weighted by atomic mass is 16.5. The summed E-state index contributed by atoms with van der Waals surface area (Å²) < 4.78 is 11.2. The zero-order valence-corrected chi connectivity index (χ0v) is 16.0. The van der Waals surface area contributed by atoms with Crippen LogP contribution >= 0.6 is 0 Å². The van der Waals surface area contributed by atoms with Gasteiger partial charge in [-0.15, -0.1) is 0 Å². The molecule has 3 heteroatoms. The molecule has 0 radical (unpaired) electrons. The summed E-state index contributed by atoms with van der Waals surface area (Å²) in [6.45, 7) is 5.33. The molecule has 0 fully saturated rings. The van der Waals surface area contributed by atoms with Crippen LogP contribution in [0.3, 0.4) is 0 Å². The van der Waals surface area contributed by atoms with Crippen LogP contribution in [0.2, 0.25) is 0 Å². The molecule has 0 bridgehead atoms. The molecule has 0 amide bonds. The molecule has 25 heavy (non-hydrogen) atoms. The molecule has 2 aromatic carbocycles. The second-order valence-electron chi connectivity index (χ2n) is 6.29. The van der Waals surface area contributed by atoms with Crippen LogP contribution in [0.15, 0.2) is 42.5 Å². The smallest absolute Gasteiger partial charge is 0.127 e. The van der Waals surface area contributed by atoms with Crippen LogP contribution in [0.1, 0.15) is 49.4 Å². The third-order valence-electron chi connectivity index (χ3n) is 4.61. The number of rotatable bonds is 10. The van der Waals surface area contributed by atoms with E-state index in [4.69, 9.17) is 9.47 Å². The molecule has 0 heterocycles. The third-order valence-corrected chi connectivity index (χ3v) is 4.61. The normalized spacial score (nSPS) is 12.0. The van der Waals surface area contributed by atoms with E-state index in [0.29, 0.717) is 6.04 Å². The molecule has 2 aromatic rings. The molecule has 1 unspecified atom stereocenters. The van der Waals surface area contributed by atoms with Crippen LogP contribution in [0.5, 0.6) is 11.5 Å². The summed E-state index contributed by atoms with van der Waals surface area (Å²) in [6.07, 6.45) is 4.18. The first-order valence-corrected chi connectivity index (χ1v) is 9.25. The van der Waals surface area contributed by atoms with Crippen molar-refractivity contribution in [3.05, 3.63) is 59.2 Å². The lowest BCUT2D eigenvalue weighted by molar-refractivity contribution is 0.379. The number of ether oxygens (including phenoxy) is 2. The van der Waals surface area contributed by atoms with Crippen molar-refractivity contribution in [1.29, 1.82) is 0 Å². The maximum Gasteiger partial charge on any atom is 0.127 e. The van der Waals surface area contributed by atoms with Crippen LogP contribution in [0, 0.1) is 0 Å². The van der Waals surface area contributed by atoms with Crippen molar-refractivity contribution in [3.63, 3.8) is 0 Å². The quantitative estimate of drug-likeness (QED) is 0.664. The van der Waals surface area contributed by atoms with E-state index >= 15 is 0 Å². The van der Waals surface area contributed by atoms with E-state index in [0.717, 1.165) is 43.7 Å². The van der Waals surface area contributed by atoms with Crippen molar-refractivity contribution < 1.29 is 9.47 Å². The van der Waals surface area contributed by atoms with Crippen LogP contribution in [0.25, 0.3) is 0 Å². The molecule has 0 saturated heterocycles. The highest BCUT2D eigenvalue weighted by molar-refractivity contribution is 5.48. The van der Waals surface area contributed by atoms with E-state index in [2.05, 4.69) is 55.6 Å². The minimum atomic E-state index is 0.292. The topological polar surface area (TPSA) is 30.5 Å². The Balaban J connectivity index is 2.17. The Hall–Kier alpha value is -2.00. The Labute approximate surface area is 152 Å². The van der Waals surface area contributed by atoms with Gasteiger partial charge in [0.15, 0.2) is 0 Å². The van der Waals surface area contributed by atoms with Crippen molar-refractivity contribution in [2.24, 2.45) is 0 Å². The first kappa shape index (κ1) is 19.3. The van der Waals surface area contributed by atoms with E-state index in [1.807, 2.05) is 6.07 Å². The number of aryl methyl sites for hydroxylation is 1. The molecule has 0 saturated carbocycles. The molecule has 3 nitrogen and oxygen atoms in total.